The van der Waals surface area contributed by atoms with Crippen LogP contribution in [0.4, 0.5) is 0 Å². The summed E-state index contributed by atoms with van der Waals surface area (Å²) in [6, 6.07) is 31.9. The van der Waals surface area contributed by atoms with Gasteiger partial charge in [0.15, 0.2) is 9.92 Å². The van der Waals surface area contributed by atoms with Crippen molar-refractivity contribution in [1.29, 1.82) is 0 Å². The van der Waals surface area contributed by atoms with Gasteiger partial charge in [0.25, 0.3) is 0 Å². The van der Waals surface area contributed by atoms with E-state index in [-0.39, 0.29) is 0 Å². The highest BCUT2D eigenvalue weighted by atomic mass is 32.2. The number of aromatic nitrogens is 1. The van der Waals surface area contributed by atoms with Gasteiger partial charge in [-0.05, 0) is 58.0 Å². The summed E-state index contributed by atoms with van der Waals surface area (Å²) in [6.07, 6.45) is 1.85. The lowest BCUT2D eigenvalue weighted by Gasteiger charge is -2.02. The first-order valence-corrected chi connectivity index (χ1v) is 13.8. The smallest absolute Gasteiger partial charge is 0.253 e. The number of rotatable bonds is 5. The van der Waals surface area contributed by atoms with Crippen molar-refractivity contribution in [2.45, 2.75) is 10.9 Å². The Kier molecular flexibility index (Phi) is 7.36. The average molecular weight is 514 g/mol. The zero-order valence-corrected chi connectivity index (χ0v) is 21.3. The molecule has 0 radical (unpaired) electrons. The van der Waals surface area contributed by atoms with Crippen LogP contribution in [0, 0.1) is 0 Å². The summed E-state index contributed by atoms with van der Waals surface area (Å²) >= 11 is 3.30. The Morgan fingerprint density at radius 3 is 2.43 bits per heavy atom. The molecule has 2 aromatic heterocycles. The second kappa shape index (κ2) is 11.0. The summed E-state index contributed by atoms with van der Waals surface area (Å²) in [7, 11) is -1.74. The van der Waals surface area contributed by atoms with E-state index in [1.54, 1.807) is 23.3 Å². The second-order valence-corrected chi connectivity index (χ2v) is 11.0. The van der Waals surface area contributed by atoms with Crippen LogP contribution >= 0.6 is 30.9 Å². The highest BCUT2D eigenvalue weighted by Crippen LogP contribution is 2.34. The van der Waals surface area contributed by atoms with Gasteiger partial charge >= 0.3 is 7.65 Å². The van der Waals surface area contributed by atoms with Crippen LogP contribution in [0.2, 0.25) is 0 Å². The second-order valence-electron chi connectivity index (χ2n) is 7.68. The van der Waals surface area contributed by atoms with Gasteiger partial charge in [-0.15, -0.1) is 11.3 Å². The van der Waals surface area contributed by atoms with Crippen LogP contribution in [-0.2, 0) is 11.1 Å². The molecule has 0 amide bonds. The molecule has 1 N–H and O–H groups in total. The molecule has 0 aliphatic heterocycles. The quantitative estimate of drug-likeness (QED) is 0.184. The summed E-state index contributed by atoms with van der Waals surface area (Å²) in [5.41, 5.74) is 4.17. The van der Waals surface area contributed by atoms with Crippen molar-refractivity contribution in [2.75, 3.05) is 0 Å². The molecule has 35 heavy (non-hydrogen) atoms. The maximum Gasteiger partial charge on any atom is 0.597 e. The van der Waals surface area contributed by atoms with Crippen LogP contribution in [0.15, 0.2) is 112 Å². The van der Waals surface area contributed by atoms with E-state index in [0.29, 0.717) is 5.58 Å². The Morgan fingerprint density at radius 1 is 0.914 bits per heavy atom. The first kappa shape index (κ1) is 23.5. The molecule has 0 bridgehead atoms. The molecule has 7 heteroatoms. The van der Waals surface area contributed by atoms with Gasteiger partial charge in [0.1, 0.15) is 0 Å². The van der Waals surface area contributed by atoms with Gasteiger partial charge in [-0.3, -0.25) is 4.72 Å². The molecule has 4 nitrogen and oxygen atoms in total. The normalized spacial score (nSPS) is 11.4. The molecule has 0 saturated heterocycles. The summed E-state index contributed by atoms with van der Waals surface area (Å²) in [5.74, 6) is 0. The summed E-state index contributed by atoms with van der Waals surface area (Å²) in [5, 5.41) is 2.81. The van der Waals surface area contributed by atoms with Gasteiger partial charge in [0.2, 0.25) is 5.12 Å². The van der Waals surface area contributed by atoms with E-state index < -0.39 is 7.65 Å². The number of benzene rings is 4. The largest absolute Gasteiger partial charge is 0.597 e. The monoisotopic (exact) mass is 513 g/mol. The fourth-order valence-electron chi connectivity index (χ4n) is 3.62. The highest BCUT2D eigenvalue weighted by Gasteiger charge is 2.14. The number of para-hydroxylation sites is 2. The van der Waals surface area contributed by atoms with Gasteiger partial charge in [-0.2, -0.15) is 0 Å². The molecule has 4 aromatic carbocycles. The molecule has 1 atom stereocenters. The zero-order chi connectivity index (χ0) is 24.0. The zero-order valence-electron chi connectivity index (χ0n) is 18.8. The lowest BCUT2D eigenvalue weighted by molar-refractivity contribution is 0.563. The third-order valence-electron chi connectivity index (χ3n) is 5.38. The van der Waals surface area contributed by atoms with E-state index in [2.05, 4.69) is 46.6 Å². The van der Waals surface area contributed by atoms with Crippen LogP contribution in [0.5, 0.6) is 0 Å². The molecular weight excluding hydrogens is 491 g/mol. The number of hydrogen-bond acceptors (Lipinski definition) is 6. The molecule has 6 rings (SSSR count). The molecule has 0 spiro atoms. The van der Waals surface area contributed by atoms with Crippen molar-refractivity contribution in [2.24, 2.45) is 0 Å². The third kappa shape index (κ3) is 5.53. The molecule has 0 fully saturated rings. The minimum atomic E-state index is -1.74. The lowest BCUT2D eigenvalue weighted by Crippen LogP contribution is -2.02. The first-order valence-electron chi connectivity index (χ1n) is 11.0. The van der Waals surface area contributed by atoms with Crippen LogP contribution in [0.3, 0.4) is 0 Å². The molecule has 0 saturated carbocycles. The van der Waals surface area contributed by atoms with Crippen LogP contribution in [0.25, 0.3) is 37.8 Å². The van der Waals surface area contributed by atoms with E-state index in [4.69, 9.17) is 4.20 Å². The van der Waals surface area contributed by atoms with Gasteiger partial charge in [-0.25, -0.2) is 9.18 Å². The minimum Gasteiger partial charge on any atom is -0.253 e. The summed E-state index contributed by atoms with van der Waals surface area (Å²) in [6.45, 7) is 4.57. The number of fused-ring (bicyclic) bond motifs is 4. The molecule has 1 unspecified atom stereocenters. The molecule has 0 aliphatic carbocycles. The SMILES string of the molecule is C=Cc1ccc(CNSc2nc3ccccc3s2)cc1.O=[p+]1oc2ccccc2c2ccccc21. The molecule has 0 aliphatic rings. The number of nitrogens with one attached hydrogen (secondary N) is 1. The molecular formula is C28H22N2O2PS2+. The van der Waals surface area contributed by atoms with Crippen LogP contribution < -0.4 is 4.72 Å². The van der Waals surface area contributed by atoms with Crippen molar-refractivity contribution in [3.8, 4) is 0 Å². The van der Waals surface area contributed by atoms with Gasteiger partial charge in [0.05, 0.1) is 10.2 Å². The van der Waals surface area contributed by atoms with E-state index in [0.717, 1.165) is 37.9 Å². The first-order chi connectivity index (χ1) is 17.2. The van der Waals surface area contributed by atoms with E-state index in [1.807, 2.05) is 72.8 Å². The highest BCUT2D eigenvalue weighted by molar-refractivity contribution is 7.99. The Bertz CT molecular complexity index is 1640. The maximum atomic E-state index is 11.8. The van der Waals surface area contributed by atoms with Crippen molar-refractivity contribution in [3.05, 3.63) is 115 Å². The third-order valence-corrected chi connectivity index (χ3v) is 8.42. The van der Waals surface area contributed by atoms with E-state index in [9.17, 15) is 4.57 Å². The van der Waals surface area contributed by atoms with Gasteiger partial charge in [0, 0.05) is 17.3 Å². The van der Waals surface area contributed by atoms with Crippen LogP contribution in [-0.4, -0.2) is 4.98 Å². The Balaban J connectivity index is 0.000000151. The minimum absolute atomic E-state index is 0.706. The Labute approximate surface area is 212 Å². The van der Waals surface area contributed by atoms with Crippen molar-refractivity contribution >= 4 is 68.7 Å². The Hall–Kier alpha value is -3.28. The summed E-state index contributed by atoms with van der Waals surface area (Å²) < 4.78 is 22.8. The fraction of sp³-hybridized carbons (Fsp3) is 0.0357. The van der Waals surface area contributed by atoms with Gasteiger partial charge < -0.3 is 0 Å². The molecule has 172 valence electrons. The van der Waals surface area contributed by atoms with E-state index >= 15 is 0 Å². The average Bonchev–Trinajstić information content (AvgIpc) is 3.33. The van der Waals surface area contributed by atoms with Gasteiger partial charge in [-0.1, -0.05) is 79.4 Å². The number of thiazole rings is 1. The maximum absolute atomic E-state index is 11.8. The Morgan fingerprint density at radius 2 is 1.63 bits per heavy atom. The predicted molar refractivity (Wildman–Crippen MR) is 150 cm³/mol. The van der Waals surface area contributed by atoms with Crippen molar-refractivity contribution < 1.29 is 8.76 Å². The predicted octanol–water partition coefficient (Wildman–Crippen LogP) is 9.06. The standard InChI is InChI=1S/C16H14N2S2.C12H8O2P/c1-2-12-7-9-13(10-8-12)11-17-20-16-18-14-5-3-4-6-15(14)19-16;13-15-12-8-4-2-6-10(12)9-5-1-3-7-11(9)14-15/h2-10,17H,1,11H2;1-8H/q;+1. The lowest BCUT2D eigenvalue weighted by atomic mass is 10.1. The van der Waals surface area contributed by atoms with Crippen molar-refractivity contribution in [3.63, 3.8) is 0 Å². The molecule has 2 heterocycles. The topological polar surface area (TPSA) is 55.1 Å². The number of hydrogen-bond donors (Lipinski definition) is 1. The number of nitrogens with zero attached hydrogens (tertiary/aromatic N) is 1. The molecule has 6 aromatic rings. The van der Waals surface area contributed by atoms with E-state index in [1.165, 1.54) is 10.3 Å². The van der Waals surface area contributed by atoms with Crippen LogP contribution in [0.1, 0.15) is 11.1 Å². The summed E-state index contributed by atoms with van der Waals surface area (Å²) in [4.78, 5) is 4.58. The van der Waals surface area contributed by atoms with Crippen molar-refractivity contribution in [1.82, 2.24) is 9.71 Å². The fourth-order valence-corrected chi connectivity index (χ4v) is 6.47.